The summed E-state index contributed by atoms with van der Waals surface area (Å²) in [5.41, 5.74) is 3.38. The lowest BCUT2D eigenvalue weighted by molar-refractivity contribution is 0.272. The van der Waals surface area contributed by atoms with Crippen LogP contribution in [0.3, 0.4) is 0 Å². The van der Waals surface area contributed by atoms with Crippen molar-refractivity contribution in [3.8, 4) is 11.5 Å². The molecule has 1 fully saturated rings. The largest absolute Gasteiger partial charge is 0.493 e. The number of anilines is 1. The zero-order valence-electron chi connectivity index (χ0n) is 17.3. The highest BCUT2D eigenvalue weighted by Crippen LogP contribution is 2.28. The van der Waals surface area contributed by atoms with Gasteiger partial charge in [-0.05, 0) is 41.5 Å². The van der Waals surface area contributed by atoms with E-state index < -0.39 is 0 Å². The molecule has 0 radical (unpaired) electrons. The average Bonchev–Trinajstić information content (AvgIpc) is 2.83. The Morgan fingerprint density at radius 1 is 0.833 bits per heavy atom. The van der Waals surface area contributed by atoms with Crippen molar-refractivity contribution in [3.05, 3.63) is 90.0 Å². The van der Waals surface area contributed by atoms with Gasteiger partial charge in [-0.25, -0.2) is 0 Å². The summed E-state index contributed by atoms with van der Waals surface area (Å²) in [7, 11) is 1.66. The Bertz CT molecular complexity index is 953. The van der Waals surface area contributed by atoms with Gasteiger partial charge in [0.2, 0.25) is 0 Å². The Kier molecular flexibility index (Phi) is 6.50. The van der Waals surface area contributed by atoms with Gasteiger partial charge in [0.25, 0.3) is 0 Å². The van der Waals surface area contributed by atoms with Gasteiger partial charge in [0.15, 0.2) is 11.5 Å². The first-order valence-electron chi connectivity index (χ1n) is 10.3. The number of para-hydroxylation sites is 1. The minimum Gasteiger partial charge on any atom is -0.493 e. The highest BCUT2D eigenvalue weighted by Gasteiger charge is 2.15. The first-order valence-corrected chi connectivity index (χ1v) is 10.3. The van der Waals surface area contributed by atoms with E-state index in [0.29, 0.717) is 6.61 Å². The molecular formula is C25H27N3O2. The molecule has 0 saturated carbocycles. The Morgan fingerprint density at radius 3 is 2.23 bits per heavy atom. The molecule has 0 aromatic heterocycles. The van der Waals surface area contributed by atoms with Gasteiger partial charge in [-0.3, -0.25) is 5.01 Å². The average molecular weight is 402 g/mol. The minimum absolute atomic E-state index is 0.499. The van der Waals surface area contributed by atoms with E-state index in [9.17, 15) is 0 Å². The fourth-order valence-corrected chi connectivity index (χ4v) is 3.48. The third-order valence-corrected chi connectivity index (χ3v) is 5.17. The Labute approximate surface area is 178 Å². The van der Waals surface area contributed by atoms with Crippen molar-refractivity contribution >= 4 is 11.9 Å². The van der Waals surface area contributed by atoms with Gasteiger partial charge in [0.1, 0.15) is 6.61 Å². The smallest absolute Gasteiger partial charge is 0.162 e. The summed E-state index contributed by atoms with van der Waals surface area (Å²) in [5.74, 6) is 1.44. The second kappa shape index (κ2) is 9.83. The maximum absolute atomic E-state index is 6.00. The van der Waals surface area contributed by atoms with Crippen LogP contribution in [0.15, 0.2) is 84.0 Å². The lowest BCUT2D eigenvalue weighted by Gasteiger charge is -2.34. The van der Waals surface area contributed by atoms with E-state index in [0.717, 1.165) is 48.8 Å². The van der Waals surface area contributed by atoms with Crippen molar-refractivity contribution in [2.75, 3.05) is 38.2 Å². The van der Waals surface area contributed by atoms with Crippen LogP contribution in [0.25, 0.3) is 0 Å². The maximum Gasteiger partial charge on any atom is 0.162 e. The summed E-state index contributed by atoms with van der Waals surface area (Å²) < 4.78 is 11.5. The van der Waals surface area contributed by atoms with Gasteiger partial charge < -0.3 is 14.4 Å². The molecule has 1 heterocycles. The Morgan fingerprint density at radius 2 is 1.53 bits per heavy atom. The van der Waals surface area contributed by atoms with Crippen molar-refractivity contribution in [1.29, 1.82) is 0 Å². The summed E-state index contributed by atoms with van der Waals surface area (Å²) >= 11 is 0. The number of ether oxygens (including phenoxy) is 2. The van der Waals surface area contributed by atoms with Crippen LogP contribution in [-0.2, 0) is 6.61 Å². The topological polar surface area (TPSA) is 37.3 Å². The second-order valence-corrected chi connectivity index (χ2v) is 7.21. The molecule has 0 unspecified atom stereocenters. The van der Waals surface area contributed by atoms with E-state index in [1.54, 1.807) is 7.11 Å². The van der Waals surface area contributed by atoms with Crippen LogP contribution in [0.1, 0.15) is 11.1 Å². The van der Waals surface area contributed by atoms with Gasteiger partial charge in [0.05, 0.1) is 26.4 Å². The van der Waals surface area contributed by atoms with E-state index in [2.05, 4.69) is 45.3 Å². The van der Waals surface area contributed by atoms with Crippen molar-refractivity contribution in [3.63, 3.8) is 0 Å². The maximum atomic E-state index is 6.00. The van der Waals surface area contributed by atoms with E-state index in [1.165, 1.54) is 5.69 Å². The molecule has 0 atom stereocenters. The number of benzene rings is 3. The molecule has 5 nitrogen and oxygen atoms in total. The molecule has 0 amide bonds. The molecule has 4 rings (SSSR count). The lowest BCUT2D eigenvalue weighted by Crippen LogP contribution is -2.44. The first kappa shape index (κ1) is 19.8. The summed E-state index contributed by atoms with van der Waals surface area (Å²) in [6.45, 7) is 4.24. The number of hydrazone groups is 1. The van der Waals surface area contributed by atoms with Crippen molar-refractivity contribution in [1.82, 2.24) is 5.01 Å². The molecule has 30 heavy (non-hydrogen) atoms. The molecule has 1 aliphatic rings. The van der Waals surface area contributed by atoms with Crippen molar-refractivity contribution < 1.29 is 9.47 Å². The SMILES string of the molecule is COc1ccc(/C=N\N2CCN(c3ccccc3)CC2)cc1OCc1ccccc1. The van der Waals surface area contributed by atoms with Crippen LogP contribution >= 0.6 is 0 Å². The highest BCUT2D eigenvalue weighted by molar-refractivity contribution is 5.80. The summed E-state index contributed by atoms with van der Waals surface area (Å²) in [5, 5.41) is 6.80. The number of hydrogen-bond acceptors (Lipinski definition) is 5. The normalized spacial score (nSPS) is 14.2. The number of nitrogens with zero attached hydrogens (tertiary/aromatic N) is 3. The molecule has 3 aromatic rings. The van der Waals surface area contributed by atoms with Crippen LogP contribution in [-0.4, -0.2) is 44.5 Å². The van der Waals surface area contributed by atoms with Crippen LogP contribution in [0.4, 0.5) is 5.69 Å². The first-order chi connectivity index (χ1) is 14.8. The molecule has 5 heteroatoms. The zero-order chi connectivity index (χ0) is 20.6. The number of hydrogen-bond donors (Lipinski definition) is 0. The van der Waals surface area contributed by atoms with Crippen LogP contribution in [0.2, 0.25) is 0 Å². The Balaban J connectivity index is 1.36. The molecule has 0 bridgehead atoms. The van der Waals surface area contributed by atoms with E-state index in [1.807, 2.05) is 54.7 Å². The summed E-state index contributed by atoms with van der Waals surface area (Å²) in [6.07, 6.45) is 1.90. The van der Waals surface area contributed by atoms with Gasteiger partial charge in [-0.1, -0.05) is 48.5 Å². The minimum atomic E-state index is 0.499. The van der Waals surface area contributed by atoms with Crippen molar-refractivity contribution in [2.45, 2.75) is 6.61 Å². The van der Waals surface area contributed by atoms with E-state index in [4.69, 9.17) is 9.47 Å². The van der Waals surface area contributed by atoms with Gasteiger partial charge in [-0.2, -0.15) is 5.10 Å². The molecule has 1 aliphatic heterocycles. The van der Waals surface area contributed by atoms with Crippen LogP contribution in [0.5, 0.6) is 11.5 Å². The predicted molar refractivity (Wildman–Crippen MR) is 122 cm³/mol. The van der Waals surface area contributed by atoms with Gasteiger partial charge in [0, 0.05) is 18.8 Å². The number of rotatable bonds is 7. The van der Waals surface area contributed by atoms with Gasteiger partial charge in [-0.15, -0.1) is 0 Å². The van der Waals surface area contributed by atoms with Crippen molar-refractivity contribution in [2.24, 2.45) is 5.10 Å². The van der Waals surface area contributed by atoms with E-state index in [-0.39, 0.29) is 0 Å². The van der Waals surface area contributed by atoms with Crippen LogP contribution < -0.4 is 14.4 Å². The monoisotopic (exact) mass is 401 g/mol. The standard InChI is InChI=1S/C25H27N3O2/c1-29-24-13-12-22(18-25(24)30-20-21-8-4-2-5-9-21)19-26-28-16-14-27(15-17-28)23-10-6-3-7-11-23/h2-13,18-19H,14-17,20H2,1H3/b26-19-. The fraction of sp³-hybridized carbons (Fsp3) is 0.240. The molecular weight excluding hydrogens is 374 g/mol. The fourth-order valence-electron chi connectivity index (χ4n) is 3.48. The molecule has 3 aromatic carbocycles. The third kappa shape index (κ3) is 5.11. The highest BCUT2D eigenvalue weighted by atomic mass is 16.5. The molecule has 0 aliphatic carbocycles. The number of methoxy groups -OCH3 is 1. The number of piperazine rings is 1. The lowest BCUT2D eigenvalue weighted by atomic mass is 10.2. The predicted octanol–water partition coefficient (Wildman–Crippen LogP) is 4.43. The third-order valence-electron chi connectivity index (χ3n) is 5.17. The zero-order valence-corrected chi connectivity index (χ0v) is 17.3. The van der Waals surface area contributed by atoms with E-state index >= 15 is 0 Å². The molecule has 1 saturated heterocycles. The quantitative estimate of drug-likeness (QED) is 0.549. The molecule has 0 N–H and O–H groups in total. The molecule has 154 valence electrons. The second-order valence-electron chi connectivity index (χ2n) is 7.21. The summed E-state index contributed by atoms with van der Waals surface area (Å²) in [4.78, 5) is 2.40. The Hall–Kier alpha value is -3.47. The van der Waals surface area contributed by atoms with Crippen LogP contribution in [0, 0.1) is 0 Å². The summed E-state index contributed by atoms with van der Waals surface area (Å²) in [6, 6.07) is 26.6. The van der Waals surface area contributed by atoms with Gasteiger partial charge >= 0.3 is 0 Å². The molecule has 0 spiro atoms.